The van der Waals surface area contributed by atoms with Gasteiger partial charge in [0.25, 0.3) is 0 Å². The van der Waals surface area contributed by atoms with Crippen molar-refractivity contribution in [1.82, 2.24) is 25.3 Å². The third-order valence-corrected chi connectivity index (χ3v) is 5.99. The lowest BCUT2D eigenvalue weighted by molar-refractivity contribution is -0.136. The van der Waals surface area contributed by atoms with Gasteiger partial charge in [-0.1, -0.05) is 0 Å². The quantitative estimate of drug-likeness (QED) is 0.829. The Morgan fingerprint density at radius 2 is 2.17 bits per heavy atom. The molecular formula is C18H31N5O. The van der Waals surface area contributed by atoms with Gasteiger partial charge in [0.15, 0.2) is 0 Å². The van der Waals surface area contributed by atoms with E-state index in [2.05, 4.69) is 27.5 Å². The number of nitrogens with one attached hydrogen (secondary N) is 2. The van der Waals surface area contributed by atoms with Crippen molar-refractivity contribution in [3.63, 3.8) is 0 Å². The van der Waals surface area contributed by atoms with E-state index in [4.69, 9.17) is 0 Å². The number of carbonyl (C=O) groups excluding carboxylic acids is 1. The molecule has 2 aliphatic rings. The minimum atomic E-state index is -0.0642. The maximum Gasteiger partial charge on any atom is 0.228 e. The number of nitrogens with zero attached hydrogens (tertiary/aromatic N) is 3. The van der Waals surface area contributed by atoms with E-state index in [1.807, 2.05) is 25.2 Å². The summed E-state index contributed by atoms with van der Waals surface area (Å²) in [5.74, 6) is 0.864. The van der Waals surface area contributed by atoms with Crippen molar-refractivity contribution in [1.29, 1.82) is 0 Å². The Morgan fingerprint density at radius 1 is 1.42 bits per heavy atom. The first-order valence-electron chi connectivity index (χ1n) is 9.17. The normalized spacial score (nSPS) is 27.6. The number of amides is 1. The Balaban J connectivity index is 1.61. The van der Waals surface area contributed by atoms with E-state index in [0.717, 1.165) is 58.3 Å². The van der Waals surface area contributed by atoms with Crippen molar-refractivity contribution in [2.75, 3.05) is 40.8 Å². The van der Waals surface area contributed by atoms with Crippen LogP contribution in [0.2, 0.25) is 0 Å². The Bertz CT molecular complexity index is 562. The highest BCUT2D eigenvalue weighted by atomic mass is 16.2. The van der Waals surface area contributed by atoms with E-state index >= 15 is 0 Å². The van der Waals surface area contributed by atoms with Gasteiger partial charge in [0.2, 0.25) is 5.91 Å². The SMILES string of the molecule is CNCCN(C)Cc1c[nH]nc1C1CCC2(CC1)CCN(C)C2=O. The van der Waals surface area contributed by atoms with Gasteiger partial charge in [-0.05, 0) is 46.2 Å². The molecule has 0 aromatic carbocycles. The first-order chi connectivity index (χ1) is 11.6. The van der Waals surface area contributed by atoms with E-state index in [0.29, 0.717) is 11.8 Å². The molecular weight excluding hydrogens is 302 g/mol. The number of H-pyrrole nitrogens is 1. The van der Waals surface area contributed by atoms with Gasteiger partial charge in [-0.25, -0.2) is 0 Å². The molecule has 1 aromatic heterocycles. The lowest BCUT2D eigenvalue weighted by Crippen LogP contribution is -2.35. The highest BCUT2D eigenvalue weighted by Crippen LogP contribution is 2.48. The zero-order chi connectivity index (χ0) is 17.2. The standard InChI is InChI=1S/C18H31N5O/c1-19-9-11-22(2)13-15-12-20-21-16(15)14-4-6-18(7-5-14)8-10-23(3)17(18)24/h12,14,19H,4-11,13H2,1-3H3,(H,20,21). The maximum absolute atomic E-state index is 12.5. The van der Waals surface area contributed by atoms with Crippen molar-refractivity contribution in [3.05, 3.63) is 17.5 Å². The van der Waals surface area contributed by atoms with E-state index in [9.17, 15) is 4.79 Å². The molecule has 6 nitrogen and oxygen atoms in total. The van der Waals surface area contributed by atoms with Crippen LogP contribution in [0.1, 0.15) is 49.3 Å². The monoisotopic (exact) mass is 333 g/mol. The summed E-state index contributed by atoms with van der Waals surface area (Å²) in [5.41, 5.74) is 2.47. The molecule has 1 aromatic rings. The van der Waals surface area contributed by atoms with E-state index < -0.39 is 0 Å². The summed E-state index contributed by atoms with van der Waals surface area (Å²) in [6.45, 7) is 3.87. The highest BCUT2D eigenvalue weighted by Gasteiger charge is 2.47. The van der Waals surface area contributed by atoms with Crippen LogP contribution >= 0.6 is 0 Å². The van der Waals surface area contributed by atoms with Crippen molar-refractivity contribution in [2.45, 2.75) is 44.6 Å². The lowest BCUT2D eigenvalue weighted by Gasteiger charge is -2.35. The van der Waals surface area contributed by atoms with Crippen LogP contribution in [0.3, 0.4) is 0 Å². The molecule has 24 heavy (non-hydrogen) atoms. The fourth-order valence-electron chi connectivity index (χ4n) is 4.38. The van der Waals surface area contributed by atoms with Gasteiger partial charge in [-0.3, -0.25) is 9.89 Å². The highest BCUT2D eigenvalue weighted by molar-refractivity contribution is 5.84. The smallest absolute Gasteiger partial charge is 0.228 e. The molecule has 1 spiro atoms. The van der Waals surface area contributed by atoms with Crippen LogP contribution in [0.4, 0.5) is 0 Å². The predicted molar refractivity (Wildman–Crippen MR) is 94.7 cm³/mol. The van der Waals surface area contributed by atoms with Gasteiger partial charge in [0, 0.05) is 50.9 Å². The molecule has 2 fully saturated rings. The minimum absolute atomic E-state index is 0.0642. The molecule has 2 heterocycles. The third kappa shape index (κ3) is 3.35. The molecule has 0 bridgehead atoms. The maximum atomic E-state index is 12.5. The zero-order valence-corrected chi connectivity index (χ0v) is 15.3. The lowest BCUT2D eigenvalue weighted by atomic mass is 9.68. The van der Waals surface area contributed by atoms with Gasteiger partial charge in [-0.2, -0.15) is 5.10 Å². The first kappa shape index (κ1) is 17.4. The zero-order valence-electron chi connectivity index (χ0n) is 15.3. The van der Waals surface area contributed by atoms with Gasteiger partial charge >= 0.3 is 0 Å². The van der Waals surface area contributed by atoms with E-state index in [-0.39, 0.29) is 5.41 Å². The van der Waals surface area contributed by atoms with Crippen LogP contribution in [-0.2, 0) is 11.3 Å². The second kappa shape index (κ2) is 7.23. The van der Waals surface area contributed by atoms with E-state index in [1.165, 1.54) is 11.3 Å². The molecule has 0 radical (unpaired) electrons. The molecule has 6 heteroatoms. The molecule has 1 aliphatic carbocycles. The number of likely N-dealkylation sites (tertiary alicyclic amines) is 1. The summed E-state index contributed by atoms with van der Waals surface area (Å²) in [4.78, 5) is 16.7. The van der Waals surface area contributed by atoms with E-state index in [1.54, 1.807) is 0 Å². The molecule has 1 saturated heterocycles. The second-order valence-corrected chi connectivity index (χ2v) is 7.67. The summed E-state index contributed by atoms with van der Waals surface area (Å²) in [7, 11) is 6.07. The van der Waals surface area contributed by atoms with Crippen molar-refractivity contribution in [3.8, 4) is 0 Å². The number of hydrogen-bond acceptors (Lipinski definition) is 4. The van der Waals surface area contributed by atoms with Crippen LogP contribution < -0.4 is 5.32 Å². The number of likely N-dealkylation sites (N-methyl/N-ethyl adjacent to an activating group) is 2. The molecule has 2 N–H and O–H groups in total. The Hall–Kier alpha value is -1.40. The number of hydrogen-bond donors (Lipinski definition) is 2. The summed E-state index contributed by atoms with van der Waals surface area (Å²) >= 11 is 0. The largest absolute Gasteiger partial charge is 0.345 e. The fourth-order valence-corrected chi connectivity index (χ4v) is 4.38. The number of aromatic amines is 1. The van der Waals surface area contributed by atoms with Crippen molar-refractivity contribution in [2.24, 2.45) is 5.41 Å². The van der Waals surface area contributed by atoms with Gasteiger partial charge in [0.05, 0.1) is 11.1 Å². The Labute approximate surface area is 145 Å². The third-order valence-electron chi connectivity index (χ3n) is 5.99. The molecule has 134 valence electrons. The van der Waals surface area contributed by atoms with Crippen LogP contribution in [0, 0.1) is 5.41 Å². The number of rotatable bonds is 6. The summed E-state index contributed by atoms with van der Waals surface area (Å²) in [6.07, 6.45) is 7.28. The number of aromatic nitrogens is 2. The molecule has 3 rings (SSSR count). The number of carbonyl (C=O) groups is 1. The second-order valence-electron chi connectivity index (χ2n) is 7.67. The van der Waals surface area contributed by atoms with Gasteiger partial charge in [0.1, 0.15) is 0 Å². The van der Waals surface area contributed by atoms with Crippen molar-refractivity contribution < 1.29 is 4.79 Å². The summed E-state index contributed by atoms with van der Waals surface area (Å²) < 4.78 is 0. The predicted octanol–water partition coefficient (Wildman–Crippen LogP) is 1.57. The van der Waals surface area contributed by atoms with Crippen molar-refractivity contribution >= 4 is 5.91 Å². The molecule has 0 atom stereocenters. The molecule has 0 unspecified atom stereocenters. The summed E-state index contributed by atoms with van der Waals surface area (Å²) in [6, 6.07) is 0. The van der Waals surface area contributed by atoms with Crippen LogP contribution in [0.15, 0.2) is 6.20 Å². The fraction of sp³-hybridized carbons (Fsp3) is 0.778. The summed E-state index contributed by atoms with van der Waals surface area (Å²) in [5, 5.41) is 10.8. The molecule has 1 aliphatic heterocycles. The molecule has 1 saturated carbocycles. The van der Waals surface area contributed by atoms with Gasteiger partial charge in [-0.15, -0.1) is 0 Å². The Morgan fingerprint density at radius 3 is 2.79 bits per heavy atom. The van der Waals surface area contributed by atoms with Crippen LogP contribution in [-0.4, -0.2) is 66.7 Å². The van der Waals surface area contributed by atoms with Crippen LogP contribution in [0.25, 0.3) is 0 Å². The average molecular weight is 333 g/mol. The van der Waals surface area contributed by atoms with Crippen LogP contribution in [0.5, 0.6) is 0 Å². The Kier molecular flexibility index (Phi) is 5.25. The average Bonchev–Trinajstić information content (AvgIpc) is 3.15. The molecule has 1 amide bonds. The van der Waals surface area contributed by atoms with Gasteiger partial charge < -0.3 is 15.1 Å². The first-order valence-corrected chi connectivity index (χ1v) is 9.17. The minimum Gasteiger partial charge on any atom is -0.345 e. The topological polar surface area (TPSA) is 64.3 Å².